The molecular formula is C17H15N3O. The van der Waals surface area contributed by atoms with Crippen LogP contribution in [-0.4, -0.2) is 10.5 Å². The Morgan fingerprint density at radius 1 is 1.19 bits per heavy atom. The lowest BCUT2D eigenvalue weighted by Crippen LogP contribution is -2.09. The molecule has 0 spiro atoms. The van der Waals surface area contributed by atoms with Gasteiger partial charge in [-0.15, -0.1) is 0 Å². The molecule has 1 amide bonds. The number of aromatic nitrogens is 1. The SMILES string of the molecule is CCn1c2ccccc2c2cc(NC(=O)CC#N)ccc21. The van der Waals surface area contributed by atoms with E-state index in [1.54, 1.807) is 0 Å². The topological polar surface area (TPSA) is 57.8 Å². The summed E-state index contributed by atoms with van der Waals surface area (Å²) < 4.78 is 2.26. The van der Waals surface area contributed by atoms with E-state index in [2.05, 4.69) is 28.9 Å². The van der Waals surface area contributed by atoms with Crippen LogP contribution < -0.4 is 5.32 Å². The van der Waals surface area contributed by atoms with Crippen LogP contribution in [0.25, 0.3) is 21.8 Å². The summed E-state index contributed by atoms with van der Waals surface area (Å²) in [5.74, 6) is -0.281. The van der Waals surface area contributed by atoms with Crippen molar-refractivity contribution in [1.29, 1.82) is 5.26 Å². The fourth-order valence-electron chi connectivity index (χ4n) is 2.75. The number of rotatable bonds is 3. The summed E-state index contributed by atoms with van der Waals surface area (Å²) in [6.07, 6.45) is -0.130. The summed E-state index contributed by atoms with van der Waals surface area (Å²) in [4.78, 5) is 11.5. The Morgan fingerprint density at radius 3 is 2.71 bits per heavy atom. The number of hydrogen-bond donors (Lipinski definition) is 1. The molecule has 0 aliphatic heterocycles. The van der Waals surface area contributed by atoms with Gasteiger partial charge in [-0.25, -0.2) is 0 Å². The van der Waals surface area contributed by atoms with E-state index in [1.807, 2.05) is 36.4 Å². The van der Waals surface area contributed by atoms with E-state index < -0.39 is 0 Å². The van der Waals surface area contributed by atoms with Gasteiger partial charge in [0.25, 0.3) is 0 Å². The molecule has 0 fully saturated rings. The van der Waals surface area contributed by atoms with Gasteiger partial charge in [0.05, 0.1) is 6.07 Å². The average molecular weight is 277 g/mol. The molecule has 2 aromatic carbocycles. The second-order valence-corrected chi connectivity index (χ2v) is 4.88. The third-order valence-electron chi connectivity index (χ3n) is 3.61. The van der Waals surface area contributed by atoms with E-state index in [9.17, 15) is 4.79 Å². The summed E-state index contributed by atoms with van der Waals surface area (Å²) in [7, 11) is 0. The first kappa shape index (κ1) is 13.2. The maximum atomic E-state index is 11.5. The minimum atomic E-state index is -0.281. The minimum Gasteiger partial charge on any atom is -0.341 e. The number of para-hydroxylation sites is 1. The molecule has 0 bridgehead atoms. The number of nitrogens with zero attached hydrogens (tertiary/aromatic N) is 2. The third-order valence-corrected chi connectivity index (χ3v) is 3.61. The largest absolute Gasteiger partial charge is 0.341 e. The van der Waals surface area contributed by atoms with Crippen molar-refractivity contribution in [2.24, 2.45) is 0 Å². The summed E-state index contributed by atoms with van der Waals surface area (Å²) in [6.45, 7) is 3.01. The van der Waals surface area contributed by atoms with Crippen LogP contribution in [0.15, 0.2) is 42.5 Å². The molecule has 0 unspecified atom stereocenters. The highest BCUT2D eigenvalue weighted by molar-refractivity contribution is 6.09. The molecular weight excluding hydrogens is 262 g/mol. The predicted molar refractivity (Wildman–Crippen MR) is 84.0 cm³/mol. The van der Waals surface area contributed by atoms with Crippen molar-refractivity contribution in [3.8, 4) is 6.07 Å². The Morgan fingerprint density at radius 2 is 1.95 bits per heavy atom. The van der Waals surface area contributed by atoms with Gasteiger partial charge < -0.3 is 9.88 Å². The van der Waals surface area contributed by atoms with Crippen LogP contribution in [-0.2, 0) is 11.3 Å². The van der Waals surface area contributed by atoms with E-state index >= 15 is 0 Å². The highest BCUT2D eigenvalue weighted by atomic mass is 16.1. The molecule has 0 saturated carbocycles. The standard InChI is InChI=1S/C17H15N3O/c1-2-20-15-6-4-3-5-13(15)14-11-12(7-8-16(14)20)19-17(21)9-10-18/h3-8,11H,2,9H2,1H3,(H,19,21). The van der Waals surface area contributed by atoms with Crippen molar-refractivity contribution in [2.75, 3.05) is 5.32 Å². The molecule has 1 aromatic heterocycles. The zero-order chi connectivity index (χ0) is 14.8. The van der Waals surface area contributed by atoms with Crippen molar-refractivity contribution < 1.29 is 4.79 Å². The van der Waals surface area contributed by atoms with Gasteiger partial charge in [0, 0.05) is 34.0 Å². The van der Waals surface area contributed by atoms with E-state index in [4.69, 9.17) is 5.26 Å². The van der Waals surface area contributed by atoms with Crippen molar-refractivity contribution >= 4 is 33.4 Å². The number of carbonyl (C=O) groups is 1. The number of carbonyl (C=O) groups excluding carboxylic acids is 1. The molecule has 0 saturated heterocycles. The Bertz CT molecular complexity index is 871. The molecule has 0 aliphatic rings. The van der Waals surface area contributed by atoms with E-state index in [0.717, 1.165) is 23.1 Å². The van der Waals surface area contributed by atoms with Crippen LogP contribution in [0.5, 0.6) is 0 Å². The molecule has 3 aromatic rings. The Labute approximate surface area is 122 Å². The van der Waals surface area contributed by atoms with E-state index in [-0.39, 0.29) is 12.3 Å². The third kappa shape index (κ3) is 2.23. The monoisotopic (exact) mass is 277 g/mol. The summed E-state index contributed by atoms with van der Waals surface area (Å²) in [5.41, 5.74) is 3.06. The summed E-state index contributed by atoms with van der Waals surface area (Å²) in [5, 5.41) is 13.6. The van der Waals surface area contributed by atoms with Crippen LogP contribution in [0.2, 0.25) is 0 Å². The first-order chi connectivity index (χ1) is 10.2. The Kier molecular flexibility index (Phi) is 3.33. The number of nitriles is 1. The van der Waals surface area contributed by atoms with Crippen molar-refractivity contribution in [3.63, 3.8) is 0 Å². The smallest absolute Gasteiger partial charge is 0.238 e. The Hall–Kier alpha value is -2.80. The normalized spacial score (nSPS) is 10.7. The number of anilines is 1. The molecule has 1 heterocycles. The summed E-state index contributed by atoms with van der Waals surface area (Å²) in [6, 6.07) is 16.0. The fraction of sp³-hybridized carbons (Fsp3) is 0.176. The van der Waals surface area contributed by atoms with Gasteiger partial charge in [-0.1, -0.05) is 18.2 Å². The predicted octanol–water partition coefficient (Wildman–Crippen LogP) is 3.67. The van der Waals surface area contributed by atoms with Crippen LogP contribution in [0.1, 0.15) is 13.3 Å². The molecule has 1 N–H and O–H groups in total. The number of fused-ring (bicyclic) bond motifs is 3. The summed E-state index contributed by atoms with van der Waals surface area (Å²) >= 11 is 0. The van der Waals surface area contributed by atoms with Gasteiger partial charge in [0.2, 0.25) is 5.91 Å². The minimum absolute atomic E-state index is 0.130. The molecule has 0 radical (unpaired) electrons. The zero-order valence-corrected chi connectivity index (χ0v) is 11.8. The van der Waals surface area contributed by atoms with Crippen LogP contribution in [0, 0.1) is 11.3 Å². The molecule has 3 rings (SSSR count). The number of nitrogens with one attached hydrogen (secondary N) is 1. The quantitative estimate of drug-likeness (QED) is 0.794. The maximum absolute atomic E-state index is 11.5. The lowest BCUT2D eigenvalue weighted by atomic mass is 10.1. The van der Waals surface area contributed by atoms with Gasteiger partial charge in [0.1, 0.15) is 6.42 Å². The molecule has 104 valence electrons. The first-order valence-electron chi connectivity index (χ1n) is 6.92. The lowest BCUT2D eigenvalue weighted by Gasteiger charge is -2.05. The van der Waals surface area contributed by atoms with Gasteiger partial charge in [0.15, 0.2) is 0 Å². The van der Waals surface area contributed by atoms with Gasteiger partial charge in [-0.2, -0.15) is 5.26 Å². The Balaban J connectivity index is 2.15. The lowest BCUT2D eigenvalue weighted by molar-refractivity contribution is -0.115. The van der Waals surface area contributed by atoms with Crippen molar-refractivity contribution in [2.45, 2.75) is 19.9 Å². The number of amides is 1. The average Bonchev–Trinajstić information content (AvgIpc) is 2.81. The molecule has 0 aliphatic carbocycles. The van der Waals surface area contributed by atoms with Crippen LogP contribution >= 0.6 is 0 Å². The van der Waals surface area contributed by atoms with Crippen molar-refractivity contribution in [1.82, 2.24) is 4.57 Å². The molecule has 0 atom stereocenters. The zero-order valence-electron chi connectivity index (χ0n) is 11.8. The van der Waals surface area contributed by atoms with Crippen LogP contribution in [0.3, 0.4) is 0 Å². The second-order valence-electron chi connectivity index (χ2n) is 4.88. The molecule has 21 heavy (non-hydrogen) atoms. The maximum Gasteiger partial charge on any atom is 0.238 e. The second kappa shape index (κ2) is 5.29. The van der Waals surface area contributed by atoms with Crippen molar-refractivity contribution in [3.05, 3.63) is 42.5 Å². The number of aryl methyl sites for hydroxylation is 1. The number of benzene rings is 2. The first-order valence-corrected chi connectivity index (χ1v) is 6.92. The van der Waals surface area contributed by atoms with Gasteiger partial charge in [-0.3, -0.25) is 4.79 Å². The van der Waals surface area contributed by atoms with E-state index in [0.29, 0.717) is 0 Å². The highest BCUT2D eigenvalue weighted by Gasteiger charge is 2.10. The van der Waals surface area contributed by atoms with Crippen LogP contribution in [0.4, 0.5) is 5.69 Å². The fourth-order valence-corrected chi connectivity index (χ4v) is 2.75. The van der Waals surface area contributed by atoms with Gasteiger partial charge >= 0.3 is 0 Å². The van der Waals surface area contributed by atoms with E-state index in [1.165, 1.54) is 10.9 Å². The number of hydrogen-bond acceptors (Lipinski definition) is 2. The molecule has 4 nitrogen and oxygen atoms in total. The molecule has 4 heteroatoms. The van der Waals surface area contributed by atoms with Gasteiger partial charge in [-0.05, 0) is 31.2 Å². The highest BCUT2D eigenvalue weighted by Crippen LogP contribution is 2.30.